The van der Waals surface area contributed by atoms with Gasteiger partial charge in [-0.05, 0) is 36.4 Å². The standard InChI is InChI=1S/C18H20N2O3/c21-18(14-23-17-4-2-1-3-5-17)19-15-6-8-16(9-7-15)20-10-12-22-13-11-20/h1-9H,10-14H2,(H,19,21). The highest BCUT2D eigenvalue weighted by molar-refractivity contribution is 5.92. The number of morpholine rings is 1. The van der Waals surface area contributed by atoms with Gasteiger partial charge in [-0.1, -0.05) is 18.2 Å². The number of nitrogens with one attached hydrogen (secondary N) is 1. The largest absolute Gasteiger partial charge is 0.484 e. The summed E-state index contributed by atoms with van der Waals surface area (Å²) in [6.07, 6.45) is 0. The Morgan fingerprint density at radius 2 is 1.74 bits per heavy atom. The van der Waals surface area contributed by atoms with Gasteiger partial charge in [0.05, 0.1) is 13.2 Å². The second-order valence-corrected chi connectivity index (χ2v) is 5.30. The highest BCUT2D eigenvalue weighted by atomic mass is 16.5. The molecule has 5 nitrogen and oxygen atoms in total. The van der Waals surface area contributed by atoms with Crippen LogP contribution in [-0.4, -0.2) is 38.8 Å². The average molecular weight is 312 g/mol. The van der Waals surface area contributed by atoms with Crippen molar-refractivity contribution in [2.75, 3.05) is 43.1 Å². The minimum atomic E-state index is -0.173. The monoisotopic (exact) mass is 312 g/mol. The van der Waals surface area contributed by atoms with Crippen LogP contribution in [0.1, 0.15) is 0 Å². The van der Waals surface area contributed by atoms with E-state index in [9.17, 15) is 4.79 Å². The molecule has 2 aromatic carbocycles. The van der Waals surface area contributed by atoms with Crippen LogP contribution in [0.4, 0.5) is 11.4 Å². The number of carbonyl (C=O) groups is 1. The van der Waals surface area contributed by atoms with Crippen molar-refractivity contribution in [1.82, 2.24) is 0 Å². The zero-order valence-corrected chi connectivity index (χ0v) is 12.9. The van der Waals surface area contributed by atoms with Crippen LogP contribution >= 0.6 is 0 Å². The summed E-state index contributed by atoms with van der Waals surface area (Å²) in [4.78, 5) is 14.2. The van der Waals surface area contributed by atoms with Crippen LogP contribution in [0.5, 0.6) is 5.75 Å². The first-order chi connectivity index (χ1) is 11.3. The molecule has 0 aromatic heterocycles. The number of ether oxygens (including phenoxy) is 2. The molecular weight excluding hydrogens is 292 g/mol. The minimum Gasteiger partial charge on any atom is -0.484 e. The first-order valence-corrected chi connectivity index (χ1v) is 7.72. The Kier molecular flexibility index (Phi) is 5.11. The third kappa shape index (κ3) is 4.47. The van der Waals surface area contributed by atoms with Crippen LogP contribution < -0.4 is 15.0 Å². The summed E-state index contributed by atoms with van der Waals surface area (Å²) in [6.45, 7) is 3.31. The van der Waals surface area contributed by atoms with Crippen molar-refractivity contribution >= 4 is 17.3 Å². The van der Waals surface area contributed by atoms with Gasteiger partial charge in [-0.2, -0.15) is 0 Å². The highest BCUT2D eigenvalue weighted by Gasteiger charge is 2.11. The molecule has 1 N–H and O–H groups in total. The van der Waals surface area contributed by atoms with Crippen molar-refractivity contribution in [1.29, 1.82) is 0 Å². The molecule has 0 atom stereocenters. The third-order valence-electron chi connectivity index (χ3n) is 3.64. The van der Waals surface area contributed by atoms with Gasteiger partial charge in [-0.15, -0.1) is 0 Å². The van der Waals surface area contributed by atoms with Crippen LogP contribution in [0, 0.1) is 0 Å². The molecule has 1 aliphatic heterocycles. The zero-order chi connectivity index (χ0) is 15.9. The summed E-state index contributed by atoms with van der Waals surface area (Å²) in [5.74, 6) is 0.512. The van der Waals surface area contributed by atoms with E-state index in [2.05, 4.69) is 10.2 Å². The molecule has 0 radical (unpaired) electrons. The van der Waals surface area contributed by atoms with Crippen molar-refractivity contribution in [3.8, 4) is 5.75 Å². The van der Waals surface area contributed by atoms with Gasteiger partial charge in [-0.3, -0.25) is 4.79 Å². The molecule has 1 heterocycles. The van der Waals surface area contributed by atoms with Crippen molar-refractivity contribution < 1.29 is 14.3 Å². The number of rotatable bonds is 5. The molecule has 1 aliphatic rings. The molecule has 1 amide bonds. The topological polar surface area (TPSA) is 50.8 Å². The summed E-state index contributed by atoms with van der Waals surface area (Å²) >= 11 is 0. The van der Waals surface area contributed by atoms with E-state index in [0.717, 1.165) is 37.7 Å². The molecule has 0 aliphatic carbocycles. The van der Waals surface area contributed by atoms with Crippen molar-refractivity contribution in [3.05, 3.63) is 54.6 Å². The molecule has 3 rings (SSSR count). The summed E-state index contributed by atoms with van der Waals surface area (Å²) in [7, 11) is 0. The van der Waals surface area contributed by atoms with Gasteiger partial charge in [0.2, 0.25) is 0 Å². The molecule has 1 saturated heterocycles. The fourth-order valence-electron chi connectivity index (χ4n) is 2.44. The molecule has 0 spiro atoms. The van der Waals surface area contributed by atoms with E-state index in [1.165, 1.54) is 0 Å². The van der Waals surface area contributed by atoms with E-state index in [-0.39, 0.29) is 12.5 Å². The molecule has 0 bridgehead atoms. The first-order valence-electron chi connectivity index (χ1n) is 7.72. The SMILES string of the molecule is O=C(COc1ccccc1)Nc1ccc(N2CCOCC2)cc1. The Hall–Kier alpha value is -2.53. The van der Waals surface area contributed by atoms with Gasteiger partial charge in [0, 0.05) is 24.5 Å². The lowest BCUT2D eigenvalue weighted by Crippen LogP contribution is -2.36. The average Bonchev–Trinajstić information content (AvgIpc) is 2.62. The van der Waals surface area contributed by atoms with Crippen LogP contribution in [-0.2, 0) is 9.53 Å². The normalized spacial score (nSPS) is 14.3. The van der Waals surface area contributed by atoms with Crippen LogP contribution in [0.25, 0.3) is 0 Å². The summed E-state index contributed by atoms with van der Waals surface area (Å²) in [5.41, 5.74) is 1.91. The lowest BCUT2D eigenvalue weighted by Gasteiger charge is -2.28. The minimum absolute atomic E-state index is 0.00473. The maximum Gasteiger partial charge on any atom is 0.262 e. The number of nitrogens with zero attached hydrogens (tertiary/aromatic N) is 1. The number of anilines is 2. The van der Waals surface area contributed by atoms with E-state index >= 15 is 0 Å². The Balaban J connectivity index is 1.50. The smallest absolute Gasteiger partial charge is 0.262 e. The quantitative estimate of drug-likeness (QED) is 0.922. The van der Waals surface area contributed by atoms with E-state index in [1.807, 2.05) is 54.6 Å². The van der Waals surface area contributed by atoms with Gasteiger partial charge in [0.15, 0.2) is 6.61 Å². The van der Waals surface area contributed by atoms with E-state index in [1.54, 1.807) is 0 Å². The van der Waals surface area contributed by atoms with E-state index in [4.69, 9.17) is 9.47 Å². The third-order valence-corrected chi connectivity index (χ3v) is 3.64. The fraction of sp³-hybridized carbons (Fsp3) is 0.278. The van der Waals surface area contributed by atoms with Crippen molar-refractivity contribution in [3.63, 3.8) is 0 Å². The van der Waals surface area contributed by atoms with Crippen LogP contribution in [0.2, 0.25) is 0 Å². The molecule has 5 heteroatoms. The molecule has 0 saturated carbocycles. The number of para-hydroxylation sites is 1. The summed E-state index contributed by atoms with van der Waals surface area (Å²) in [6, 6.07) is 17.1. The Labute approximate surface area is 135 Å². The predicted octanol–water partition coefficient (Wildman–Crippen LogP) is 2.54. The van der Waals surface area contributed by atoms with E-state index < -0.39 is 0 Å². The second kappa shape index (κ2) is 7.65. The fourth-order valence-corrected chi connectivity index (χ4v) is 2.44. The van der Waals surface area contributed by atoms with Gasteiger partial charge in [0.25, 0.3) is 5.91 Å². The Morgan fingerprint density at radius 3 is 2.43 bits per heavy atom. The Morgan fingerprint density at radius 1 is 1.04 bits per heavy atom. The predicted molar refractivity (Wildman–Crippen MR) is 90.0 cm³/mol. The van der Waals surface area contributed by atoms with E-state index in [0.29, 0.717) is 5.75 Å². The van der Waals surface area contributed by atoms with Crippen LogP contribution in [0.15, 0.2) is 54.6 Å². The molecular formula is C18H20N2O3. The summed E-state index contributed by atoms with van der Waals surface area (Å²) in [5, 5.41) is 2.84. The molecule has 2 aromatic rings. The maximum absolute atomic E-state index is 11.9. The highest BCUT2D eigenvalue weighted by Crippen LogP contribution is 2.19. The second-order valence-electron chi connectivity index (χ2n) is 5.30. The zero-order valence-electron chi connectivity index (χ0n) is 12.9. The van der Waals surface area contributed by atoms with Crippen LogP contribution in [0.3, 0.4) is 0 Å². The van der Waals surface area contributed by atoms with Crippen molar-refractivity contribution in [2.24, 2.45) is 0 Å². The molecule has 1 fully saturated rings. The first kappa shape index (κ1) is 15.4. The van der Waals surface area contributed by atoms with Gasteiger partial charge in [0.1, 0.15) is 5.75 Å². The number of amides is 1. The molecule has 23 heavy (non-hydrogen) atoms. The molecule has 120 valence electrons. The Bertz CT molecular complexity index is 622. The van der Waals surface area contributed by atoms with Gasteiger partial charge in [-0.25, -0.2) is 0 Å². The van der Waals surface area contributed by atoms with Crippen molar-refractivity contribution in [2.45, 2.75) is 0 Å². The number of benzene rings is 2. The van der Waals surface area contributed by atoms with Gasteiger partial charge < -0.3 is 19.7 Å². The lowest BCUT2D eigenvalue weighted by atomic mass is 10.2. The number of hydrogen-bond acceptors (Lipinski definition) is 4. The molecule has 0 unspecified atom stereocenters. The maximum atomic E-state index is 11.9. The number of carbonyl (C=O) groups excluding carboxylic acids is 1. The lowest BCUT2D eigenvalue weighted by molar-refractivity contribution is -0.118. The number of hydrogen-bond donors (Lipinski definition) is 1. The van der Waals surface area contributed by atoms with Gasteiger partial charge >= 0.3 is 0 Å². The summed E-state index contributed by atoms with van der Waals surface area (Å²) < 4.78 is 10.8.